The van der Waals surface area contributed by atoms with Crippen molar-refractivity contribution in [2.24, 2.45) is 16.7 Å². The summed E-state index contributed by atoms with van der Waals surface area (Å²) < 4.78 is 0. The first-order valence-electron chi connectivity index (χ1n) is 6.36. The maximum absolute atomic E-state index is 3.40. The summed E-state index contributed by atoms with van der Waals surface area (Å²) in [5, 5.41) is 0. The molecule has 0 aromatic carbocycles. The summed E-state index contributed by atoms with van der Waals surface area (Å²) in [6.45, 7) is 15.2. The van der Waals surface area contributed by atoms with Crippen molar-refractivity contribution in [1.82, 2.24) is 0 Å². The fourth-order valence-corrected chi connectivity index (χ4v) is 3.55. The van der Waals surface area contributed by atoms with Crippen LogP contribution in [0.5, 0.6) is 0 Å². The highest BCUT2D eigenvalue weighted by molar-refractivity contribution is 7.38. The average Bonchev–Trinajstić information content (AvgIpc) is 2.17. The lowest BCUT2D eigenvalue weighted by molar-refractivity contribution is 0.356. The highest BCUT2D eigenvalue weighted by atomic mass is 31.1. The minimum Gasteiger partial charge on any atom is -0.119 e. The van der Waals surface area contributed by atoms with E-state index in [0.29, 0.717) is 5.92 Å². The van der Waals surface area contributed by atoms with E-state index in [4.69, 9.17) is 0 Å². The van der Waals surface area contributed by atoms with E-state index in [1.165, 1.54) is 12.3 Å². The molecule has 0 aliphatic heterocycles. The van der Waals surface area contributed by atoms with Gasteiger partial charge < -0.3 is 0 Å². The predicted octanol–water partition coefficient (Wildman–Crippen LogP) is 4.40. The second-order valence-corrected chi connectivity index (χ2v) is 7.02. The maximum atomic E-state index is 3.40. The topological polar surface area (TPSA) is 0 Å². The fourth-order valence-electron chi connectivity index (χ4n) is 1.70. The molecule has 1 heteroatoms. The molecule has 0 saturated carbocycles. The molecule has 17 heavy (non-hydrogen) atoms. The molecule has 0 nitrogen and oxygen atoms in total. The minimum absolute atomic E-state index is 0.157. The zero-order valence-corrected chi connectivity index (χ0v) is 13.5. The molecule has 0 aliphatic rings. The molecule has 96 valence electrons. The van der Waals surface area contributed by atoms with Gasteiger partial charge in [0.25, 0.3) is 0 Å². The van der Waals surface area contributed by atoms with Crippen LogP contribution in [0.15, 0.2) is 0 Å². The molecule has 0 N–H and O–H groups in total. The van der Waals surface area contributed by atoms with Gasteiger partial charge in [-0.25, -0.2) is 0 Å². The molecule has 2 unspecified atom stereocenters. The standard InChI is InChI=1S/C16H27P/c1-8-10-15(5,6)12-17-13-16(7,11-9-2)14(3)4/h14,17H,12-13H2,1-7H3. The van der Waals surface area contributed by atoms with Crippen LogP contribution < -0.4 is 0 Å². The van der Waals surface area contributed by atoms with Crippen LogP contribution in [-0.2, 0) is 0 Å². The summed E-state index contributed by atoms with van der Waals surface area (Å²) in [5.74, 6) is 13.4. The van der Waals surface area contributed by atoms with E-state index in [0.717, 1.165) is 8.58 Å². The maximum Gasteiger partial charge on any atom is 0.0346 e. The third kappa shape index (κ3) is 6.15. The van der Waals surface area contributed by atoms with Gasteiger partial charge in [-0.05, 0) is 52.9 Å². The molecule has 0 amide bonds. The Balaban J connectivity index is 4.42. The van der Waals surface area contributed by atoms with E-state index in [1.54, 1.807) is 0 Å². The lowest BCUT2D eigenvalue weighted by Crippen LogP contribution is -2.25. The predicted molar refractivity (Wildman–Crippen MR) is 81.7 cm³/mol. The van der Waals surface area contributed by atoms with Gasteiger partial charge in [-0.2, -0.15) is 0 Å². The first-order valence-corrected chi connectivity index (χ1v) is 7.77. The lowest BCUT2D eigenvalue weighted by Gasteiger charge is -2.29. The Hall–Kier alpha value is -0.450. The van der Waals surface area contributed by atoms with Crippen LogP contribution in [0.1, 0.15) is 48.5 Å². The van der Waals surface area contributed by atoms with Crippen LogP contribution in [0.3, 0.4) is 0 Å². The second-order valence-electron chi connectivity index (χ2n) is 5.81. The summed E-state index contributed by atoms with van der Waals surface area (Å²) in [7, 11) is 0.942. The van der Waals surface area contributed by atoms with Crippen LogP contribution in [0.4, 0.5) is 0 Å². The van der Waals surface area contributed by atoms with Gasteiger partial charge in [0.05, 0.1) is 0 Å². The first kappa shape index (κ1) is 16.6. The lowest BCUT2D eigenvalue weighted by atomic mass is 9.82. The van der Waals surface area contributed by atoms with Gasteiger partial charge in [0.15, 0.2) is 0 Å². The molecule has 2 atom stereocenters. The molecule has 0 bridgehead atoms. The minimum atomic E-state index is 0.157. The van der Waals surface area contributed by atoms with E-state index in [-0.39, 0.29) is 10.8 Å². The smallest absolute Gasteiger partial charge is 0.0346 e. The van der Waals surface area contributed by atoms with Crippen LogP contribution in [-0.4, -0.2) is 12.3 Å². The number of hydrogen-bond acceptors (Lipinski definition) is 0. The summed E-state index contributed by atoms with van der Waals surface area (Å²) in [6.07, 6.45) is 2.38. The largest absolute Gasteiger partial charge is 0.119 e. The Labute approximate surface area is 110 Å². The van der Waals surface area contributed by atoms with Gasteiger partial charge in [-0.15, -0.1) is 20.4 Å². The van der Waals surface area contributed by atoms with Gasteiger partial charge in [0, 0.05) is 10.8 Å². The Morgan fingerprint density at radius 2 is 1.47 bits per heavy atom. The van der Waals surface area contributed by atoms with Gasteiger partial charge in [0.2, 0.25) is 0 Å². The molecule has 0 saturated heterocycles. The van der Waals surface area contributed by atoms with Gasteiger partial charge >= 0.3 is 0 Å². The third-order valence-corrected chi connectivity index (χ3v) is 5.33. The SMILES string of the molecule is CC#CC(C)(C)CPCC(C)(C#CC)C(C)C. The van der Waals surface area contributed by atoms with Crippen molar-refractivity contribution >= 4 is 8.58 Å². The van der Waals surface area contributed by atoms with E-state index < -0.39 is 0 Å². The molecule has 0 aromatic rings. The Morgan fingerprint density at radius 1 is 0.941 bits per heavy atom. The zero-order chi connectivity index (χ0) is 13.5. The van der Waals surface area contributed by atoms with Crippen LogP contribution in [0.25, 0.3) is 0 Å². The first-order chi connectivity index (χ1) is 7.77. The summed E-state index contributed by atoms with van der Waals surface area (Å²) in [5.41, 5.74) is 0.327. The van der Waals surface area contributed by atoms with Gasteiger partial charge in [-0.3, -0.25) is 0 Å². The summed E-state index contributed by atoms with van der Waals surface area (Å²) in [4.78, 5) is 0. The van der Waals surface area contributed by atoms with Crippen molar-refractivity contribution in [2.45, 2.75) is 48.5 Å². The Bertz CT molecular complexity index is 343. The second kappa shape index (κ2) is 7.09. The van der Waals surface area contributed by atoms with Gasteiger partial charge in [0.1, 0.15) is 0 Å². The van der Waals surface area contributed by atoms with Crippen molar-refractivity contribution in [3.05, 3.63) is 0 Å². The number of hydrogen-bond donors (Lipinski definition) is 0. The molecule has 0 radical (unpaired) electrons. The normalized spacial score (nSPS) is 15.1. The quantitative estimate of drug-likeness (QED) is 0.501. The average molecular weight is 250 g/mol. The summed E-state index contributed by atoms with van der Waals surface area (Å²) >= 11 is 0. The molecule has 0 aliphatic carbocycles. The molecule has 0 fully saturated rings. The van der Waals surface area contributed by atoms with Crippen LogP contribution in [0, 0.1) is 40.4 Å². The van der Waals surface area contributed by atoms with Crippen molar-refractivity contribution < 1.29 is 0 Å². The molecule has 0 aromatic heterocycles. The molecule has 0 heterocycles. The monoisotopic (exact) mass is 250 g/mol. The van der Waals surface area contributed by atoms with Crippen molar-refractivity contribution in [2.75, 3.05) is 12.3 Å². The van der Waals surface area contributed by atoms with Gasteiger partial charge in [-0.1, -0.05) is 25.7 Å². The molecular formula is C16H27P. The fraction of sp³-hybridized carbons (Fsp3) is 0.750. The Kier molecular flexibility index (Phi) is 6.90. The summed E-state index contributed by atoms with van der Waals surface area (Å²) in [6, 6.07) is 0. The molecule has 0 rings (SSSR count). The van der Waals surface area contributed by atoms with Crippen molar-refractivity contribution in [3.8, 4) is 23.7 Å². The van der Waals surface area contributed by atoms with Crippen molar-refractivity contribution in [3.63, 3.8) is 0 Å². The highest BCUT2D eigenvalue weighted by Crippen LogP contribution is 2.36. The van der Waals surface area contributed by atoms with Crippen molar-refractivity contribution in [1.29, 1.82) is 0 Å². The van der Waals surface area contributed by atoms with E-state index in [1.807, 2.05) is 13.8 Å². The third-order valence-electron chi connectivity index (χ3n) is 3.21. The highest BCUT2D eigenvalue weighted by Gasteiger charge is 2.26. The van der Waals surface area contributed by atoms with Crippen LogP contribution >= 0.6 is 8.58 Å². The van der Waals surface area contributed by atoms with Crippen LogP contribution in [0.2, 0.25) is 0 Å². The van der Waals surface area contributed by atoms with E-state index in [9.17, 15) is 0 Å². The zero-order valence-electron chi connectivity index (χ0n) is 12.5. The molecule has 0 spiro atoms. The Morgan fingerprint density at radius 3 is 1.88 bits per heavy atom. The van der Waals surface area contributed by atoms with E-state index >= 15 is 0 Å². The van der Waals surface area contributed by atoms with E-state index in [2.05, 4.69) is 58.3 Å². The molecular weight excluding hydrogens is 223 g/mol. The number of rotatable bonds is 5.